The van der Waals surface area contributed by atoms with E-state index >= 15 is 0 Å². The normalized spacial score (nSPS) is 21.9. The molecule has 12 heteroatoms. The number of nitrogens with one attached hydrogen (secondary N) is 1. The van der Waals surface area contributed by atoms with Gasteiger partial charge in [-0.2, -0.15) is 0 Å². The van der Waals surface area contributed by atoms with Gasteiger partial charge in [0.15, 0.2) is 5.82 Å². The van der Waals surface area contributed by atoms with Gasteiger partial charge in [-0.05, 0) is 35.1 Å². The van der Waals surface area contributed by atoms with Crippen molar-refractivity contribution in [1.82, 2.24) is 45.4 Å². The lowest BCUT2D eigenvalue weighted by Gasteiger charge is -2.34. The number of aryl methyl sites for hydroxylation is 2. The molecule has 180 valence electrons. The molecule has 0 radical (unpaired) electrons. The van der Waals surface area contributed by atoms with Crippen LogP contribution < -0.4 is 5.32 Å². The second-order valence-electron chi connectivity index (χ2n) is 10.2. The lowest BCUT2D eigenvalue weighted by molar-refractivity contribution is -0.144. The Morgan fingerprint density at radius 3 is 2.64 bits per heavy atom. The third-order valence-electron chi connectivity index (χ3n) is 6.29. The van der Waals surface area contributed by atoms with E-state index in [0.717, 1.165) is 24.4 Å². The smallest absolute Gasteiger partial charge is 0.248 e. The van der Waals surface area contributed by atoms with Crippen molar-refractivity contribution in [2.45, 2.75) is 77.0 Å². The van der Waals surface area contributed by atoms with E-state index in [1.54, 1.807) is 16.4 Å². The summed E-state index contributed by atoms with van der Waals surface area (Å²) in [6, 6.07) is -1.35. The van der Waals surface area contributed by atoms with Crippen LogP contribution in [0.25, 0.3) is 0 Å². The van der Waals surface area contributed by atoms with Gasteiger partial charge in [-0.25, -0.2) is 9.36 Å². The summed E-state index contributed by atoms with van der Waals surface area (Å²) < 4.78 is 3.23. The molecule has 4 rings (SSSR count). The molecule has 2 aromatic heterocycles. The summed E-state index contributed by atoms with van der Waals surface area (Å²) in [6.45, 7) is 6.46. The van der Waals surface area contributed by atoms with Gasteiger partial charge in [0.05, 0.1) is 11.8 Å². The van der Waals surface area contributed by atoms with Crippen LogP contribution in [-0.4, -0.2) is 82.3 Å². The standard InChI is InChI=1S/C21H33N9O3/c1-21(2,3)18(30-12-15(23-26-30)13-7-8-13)20(33)29-11-14(31)10-16(29)19(32)22-9-5-6-17-24-25-27-28(17)4/h12-14,16,18,31H,5-11H2,1-4H3,(H,22,32)/t14-,16+,18-/m1/s1. The molecule has 1 aliphatic carbocycles. The number of carbonyl (C=O) groups excluding carboxylic acids is 2. The monoisotopic (exact) mass is 459 g/mol. The van der Waals surface area contributed by atoms with E-state index in [1.165, 1.54) is 4.90 Å². The van der Waals surface area contributed by atoms with Crippen molar-refractivity contribution in [3.05, 3.63) is 17.7 Å². The molecule has 2 amide bonds. The Labute approximate surface area is 192 Å². The zero-order valence-corrected chi connectivity index (χ0v) is 19.7. The van der Waals surface area contributed by atoms with Crippen molar-refractivity contribution in [2.75, 3.05) is 13.1 Å². The molecule has 2 aliphatic rings. The minimum Gasteiger partial charge on any atom is -0.391 e. The van der Waals surface area contributed by atoms with Crippen molar-refractivity contribution in [2.24, 2.45) is 12.5 Å². The molecule has 0 spiro atoms. The number of hydrogen-bond donors (Lipinski definition) is 2. The van der Waals surface area contributed by atoms with Crippen LogP contribution >= 0.6 is 0 Å². The maximum Gasteiger partial charge on any atom is 0.248 e. The fraction of sp³-hybridized carbons (Fsp3) is 0.762. The highest BCUT2D eigenvalue weighted by Crippen LogP contribution is 2.40. The van der Waals surface area contributed by atoms with Crippen LogP contribution in [0.1, 0.15) is 69.9 Å². The number of likely N-dealkylation sites (tertiary alicyclic amines) is 1. The molecule has 3 heterocycles. The fourth-order valence-electron chi connectivity index (χ4n) is 4.36. The van der Waals surface area contributed by atoms with Gasteiger partial charge in [-0.3, -0.25) is 9.59 Å². The van der Waals surface area contributed by atoms with E-state index in [1.807, 2.05) is 27.0 Å². The van der Waals surface area contributed by atoms with Crippen LogP contribution in [0, 0.1) is 5.41 Å². The molecular formula is C21H33N9O3. The van der Waals surface area contributed by atoms with Crippen LogP contribution in [0.4, 0.5) is 0 Å². The first-order valence-electron chi connectivity index (χ1n) is 11.5. The number of aromatic nitrogens is 7. The lowest BCUT2D eigenvalue weighted by atomic mass is 9.85. The lowest BCUT2D eigenvalue weighted by Crippen LogP contribution is -2.50. The average molecular weight is 460 g/mol. The number of tetrazole rings is 1. The first kappa shape index (κ1) is 23.3. The summed E-state index contributed by atoms with van der Waals surface area (Å²) in [5, 5.41) is 33.1. The number of hydrogen-bond acceptors (Lipinski definition) is 8. The van der Waals surface area contributed by atoms with Crippen LogP contribution in [0.3, 0.4) is 0 Å². The van der Waals surface area contributed by atoms with Gasteiger partial charge >= 0.3 is 0 Å². The first-order valence-corrected chi connectivity index (χ1v) is 11.5. The predicted molar refractivity (Wildman–Crippen MR) is 117 cm³/mol. The summed E-state index contributed by atoms with van der Waals surface area (Å²) in [6.07, 6.45) is 4.81. The second kappa shape index (κ2) is 9.16. The highest BCUT2D eigenvalue weighted by atomic mass is 16.3. The highest BCUT2D eigenvalue weighted by Gasteiger charge is 2.45. The minimum atomic E-state index is -0.743. The minimum absolute atomic E-state index is 0.123. The van der Waals surface area contributed by atoms with Crippen LogP contribution in [0.15, 0.2) is 6.20 Å². The van der Waals surface area contributed by atoms with Crippen molar-refractivity contribution >= 4 is 11.8 Å². The summed E-state index contributed by atoms with van der Waals surface area (Å²) in [4.78, 5) is 28.1. The molecule has 3 atom stereocenters. The van der Waals surface area contributed by atoms with Crippen LogP contribution in [0.5, 0.6) is 0 Å². The van der Waals surface area contributed by atoms with Crippen molar-refractivity contribution in [3.63, 3.8) is 0 Å². The van der Waals surface area contributed by atoms with Crippen molar-refractivity contribution in [3.8, 4) is 0 Å². The molecule has 2 fully saturated rings. The third kappa shape index (κ3) is 5.21. The van der Waals surface area contributed by atoms with E-state index < -0.39 is 23.6 Å². The number of carbonyl (C=O) groups is 2. The van der Waals surface area contributed by atoms with Crippen LogP contribution in [-0.2, 0) is 23.1 Å². The predicted octanol–water partition coefficient (Wildman–Crippen LogP) is -0.0230. The third-order valence-corrected chi connectivity index (χ3v) is 6.29. The van der Waals surface area contributed by atoms with Gasteiger partial charge in [0, 0.05) is 45.1 Å². The molecule has 0 aromatic carbocycles. The van der Waals surface area contributed by atoms with E-state index in [4.69, 9.17) is 0 Å². The van der Waals surface area contributed by atoms with E-state index in [2.05, 4.69) is 31.2 Å². The van der Waals surface area contributed by atoms with Gasteiger partial charge in [-0.1, -0.05) is 26.0 Å². The van der Waals surface area contributed by atoms with Gasteiger partial charge in [0.25, 0.3) is 0 Å². The largest absolute Gasteiger partial charge is 0.391 e. The van der Waals surface area contributed by atoms with Gasteiger partial charge in [0.1, 0.15) is 12.1 Å². The Morgan fingerprint density at radius 1 is 1.24 bits per heavy atom. The van der Waals surface area contributed by atoms with Gasteiger partial charge in [-0.15, -0.1) is 10.2 Å². The molecule has 0 bridgehead atoms. The number of β-amino-alcohol motifs (C(OH)–C–C–N with tert-alkyl or cyclic N) is 1. The van der Waals surface area contributed by atoms with E-state index in [9.17, 15) is 14.7 Å². The zero-order valence-electron chi connectivity index (χ0n) is 19.7. The van der Waals surface area contributed by atoms with Crippen molar-refractivity contribution in [1.29, 1.82) is 0 Å². The number of aliphatic hydroxyl groups excluding tert-OH is 1. The molecule has 12 nitrogen and oxygen atoms in total. The average Bonchev–Trinajstić information content (AvgIpc) is 3.13. The summed E-state index contributed by atoms with van der Waals surface area (Å²) in [5.74, 6) is 0.681. The molecule has 2 N–H and O–H groups in total. The Morgan fingerprint density at radius 2 is 2.00 bits per heavy atom. The number of nitrogens with zero attached hydrogens (tertiary/aromatic N) is 8. The summed E-state index contributed by atoms with van der Waals surface area (Å²) >= 11 is 0. The topological polar surface area (TPSA) is 144 Å². The molecule has 1 saturated carbocycles. The molecule has 2 aromatic rings. The fourth-order valence-corrected chi connectivity index (χ4v) is 4.36. The second-order valence-corrected chi connectivity index (χ2v) is 10.2. The quantitative estimate of drug-likeness (QED) is 0.524. The molecule has 0 unspecified atom stereocenters. The van der Waals surface area contributed by atoms with E-state index in [-0.39, 0.29) is 24.8 Å². The van der Waals surface area contributed by atoms with Gasteiger partial charge in [0.2, 0.25) is 11.8 Å². The Kier molecular flexibility index (Phi) is 6.46. The van der Waals surface area contributed by atoms with Gasteiger partial charge < -0.3 is 15.3 Å². The number of amides is 2. The summed E-state index contributed by atoms with van der Waals surface area (Å²) in [7, 11) is 1.77. The Balaban J connectivity index is 1.42. The summed E-state index contributed by atoms with van der Waals surface area (Å²) in [5.41, 5.74) is 0.454. The zero-order chi connectivity index (χ0) is 23.8. The van der Waals surface area contributed by atoms with E-state index in [0.29, 0.717) is 25.3 Å². The SMILES string of the molecule is Cn1nnnc1CCCNC(=O)[C@@H]1C[C@@H](O)CN1C(=O)[C@@H](n1cc(C2CC2)nn1)C(C)(C)C. The Bertz CT molecular complexity index is 991. The maximum absolute atomic E-state index is 13.7. The number of aliphatic hydroxyl groups is 1. The first-order chi connectivity index (χ1) is 15.6. The Hall–Kier alpha value is -2.89. The molecule has 1 aliphatic heterocycles. The van der Waals surface area contributed by atoms with Crippen molar-refractivity contribution < 1.29 is 14.7 Å². The highest BCUT2D eigenvalue weighted by molar-refractivity contribution is 5.90. The molecule has 1 saturated heterocycles. The van der Waals surface area contributed by atoms with Crippen LogP contribution in [0.2, 0.25) is 0 Å². The molecule has 33 heavy (non-hydrogen) atoms. The number of rotatable bonds is 8. The maximum atomic E-state index is 13.7. The molecular weight excluding hydrogens is 426 g/mol.